The number of carbonyl (C=O) groups excluding carboxylic acids is 1. The molecule has 88 valence electrons. The lowest BCUT2D eigenvalue weighted by Gasteiger charge is -2.05. The third kappa shape index (κ3) is 2.45. The zero-order chi connectivity index (χ0) is 12.4. The van der Waals surface area contributed by atoms with Crippen molar-refractivity contribution in [1.82, 2.24) is 9.97 Å². The molecular weight excluding hydrogens is 242 g/mol. The highest BCUT2D eigenvalue weighted by Gasteiger charge is 2.05. The molecule has 0 spiro atoms. The molecule has 0 atom stereocenters. The van der Waals surface area contributed by atoms with Crippen LogP contribution in [0.15, 0.2) is 23.0 Å². The molecule has 2 rings (SSSR count). The van der Waals surface area contributed by atoms with Gasteiger partial charge in [-0.3, -0.25) is 9.59 Å². The molecule has 0 aliphatic rings. The van der Waals surface area contributed by atoms with Crippen LogP contribution in [0, 0.1) is 0 Å². The van der Waals surface area contributed by atoms with Crippen molar-refractivity contribution in [2.45, 2.75) is 12.8 Å². The number of anilines is 1. The normalized spacial score (nSPS) is 10.5. The van der Waals surface area contributed by atoms with E-state index in [4.69, 9.17) is 11.6 Å². The molecule has 6 heteroatoms. The summed E-state index contributed by atoms with van der Waals surface area (Å²) >= 11 is 5.75. The van der Waals surface area contributed by atoms with Crippen LogP contribution in [0.25, 0.3) is 11.0 Å². The first kappa shape index (κ1) is 11.6. The van der Waals surface area contributed by atoms with Gasteiger partial charge in [0.05, 0.1) is 0 Å². The van der Waals surface area contributed by atoms with Crippen LogP contribution in [0.2, 0.25) is 0 Å². The summed E-state index contributed by atoms with van der Waals surface area (Å²) in [4.78, 5) is 29.0. The van der Waals surface area contributed by atoms with Crippen LogP contribution in [0.3, 0.4) is 0 Å². The summed E-state index contributed by atoms with van der Waals surface area (Å²) in [6, 6.07) is 4.87. The van der Waals surface area contributed by atoms with Crippen LogP contribution in [0.1, 0.15) is 12.5 Å². The number of rotatable bonds is 2. The number of nitrogens with zero attached hydrogens (tertiary/aromatic N) is 1. The standard InChI is InChI=1S/C11H10ClN3O2/c1-6(16)13-9-3-2-8-7(5-12)4-10(17)15-11(8)14-9/h2-4H,5H2,1H3,(H2,13,14,15,16,17). The number of aromatic amines is 1. The molecule has 2 N–H and O–H groups in total. The third-order valence-electron chi connectivity index (χ3n) is 2.24. The molecule has 0 saturated heterocycles. The van der Waals surface area contributed by atoms with Crippen LogP contribution >= 0.6 is 11.6 Å². The summed E-state index contributed by atoms with van der Waals surface area (Å²) in [6.45, 7) is 1.39. The van der Waals surface area contributed by atoms with Crippen LogP contribution in [-0.4, -0.2) is 15.9 Å². The Morgan fingerprint density at radius 2 is 2.29 bits per heavy atom. The van der Waals surface area contributed by atoms with E-state index in [9.17, 15) is 9.59 Å². The van der Waals surface area contributed by atoms with Crippen LogP contribution in [0.5, 0.6) is 0 Å². The van der Waals surface area contributed by atoms with E-state index in [0.717, 1.165) is 5.39 Å². The predicted octanol–water partition coefficient (Wildman–Crippen LogP) is 1.62. The van der Waals surface area contributed by atoms with E-state index in [1.807, 2.05) is 0 Å². The van der Waals surface area contributed by atoms with E-state index in [0.29, 0.717) is 17.0 Å². The summed E-state index contributed by atoms with van der Waals surface area (Å²) in [5.74, 6) is 0.418. The summed E-state index contributed by atoms with van der Waals surface area (Å²) < 4.78 is 0. The molecule has 2 aromatic rings. The Bertz CT molecular complexity index is 636. The van der Waals surface area contributed by atoms with Gasteiger partial charge in [-0.1, -0.05) is 0 Å². The van der Waals surface area contributed by atoms with Crippen molar-refractivity contribution in [1.29, 1.82) is 0 Å². The number of aromatic nitrogens is 2. The Labute approximate surface area is 102 Å². The third-order valence-corrected chi connectivity index (χ3v) is 2.52. The maximum Gasteiger partial charge on any atom is 0.249 e. The first-order valence-corrected chi connectivity index (χ1v) is 5.50. The lowest BCUT2D eigenvalue weighted by atomic mass is 10.2. The molecule has 0 aliphatic heterocycles. The Hall–Kier alpha value is -1.88. The molecule has 0 saturated carbocycles. The molecule has 2 aromatic heterocycles. The van der Waals surface area contributed by atoms with Gasteiger partial charge in [-0.15, -0.1) is 11.6 Å². The molecule has 0 radical (unpaired) electrons. The number of hydrogen-bond donors (Lipinski definition) is 2. The van der Waals surface area contributed by atoms with E-state index in [2.05, 4.69) is 15.3 Å². The van der Waals surface area contributed by atoms with Crippen LogP contribution < -0.4 is 10.9 Å². The minimum atomic E-state index is -0.263. The number of carbonyl (C=O) groups is 1. The highest BCUT2D eigenvalue weighted by Crippen LogP contribution is 2.17. The smallest absolute Gasteiger partial charge is 0.249 e. The lowest BCUT2D eigenvalue weighted by molar-refractivity contribution is -0.114. The number of amides is 1. The van der Waals surface area contributed by atoms with Gasteiger partial charge in [-0.25, -0.2) is 4.98 Å². The zero-order valence-electron chi connectivity index (χ0n) is 9.08. The Balaban J connectivity index is 2.61. The topological polar surface area (TPSA) is 74.8 Å². The average Bonchev–Trinajstić information content (AvgIpc) is 2.26. The van der Waals surface area contributed by atoms with Gasteiger partial charge in [0.15, 0.2) is 0 Å². The lowest BCUT2D eigenvalue weighted by Crippen LogP contribution is -2.10. The summed E-state index contributed by atoms with van der Waals surface area (Å²) in [5, 5.41) is 3.32. The number of pyridine rings is 2. The molecule has 0 bridgehead atoms. The Morgan fingerprint density at radius 3 is 2.94 bits per heavy atom. The predicted molar refractivity (Wildman–Crippen MR) is 66.2 cm³/mol. The number of hydrogen-bond acceptors (Lipinski definition) is 3. The Morgan fingerprint density at radius 1 is 1.53 bits per heavy atom. The highest BCUT2D eigenvalue weighted by atomic mass is 35.5. The molecule has 0 aliphatic carbocycles. The first-order valence-electron chi connectivity index (χ1n) is 4.96. The van der Waals surface area contributed by atoms with E-state index >= 15 is 0 Å². The van der Waals surface area contributed by atoms with Crippen molar-refractivity contribution in [3.63, 3.8) is 0 Å². The van der Waals surface area contributed by atoms with Gasteiger partial charge in [-0.05, 0) is 17.7 Å². The number of fused-ring (bicyclic) bond motifs is 1. The van der Waals surface area contributed by atoms with Crippen molar-refractivity contribution in [2.24, 2.45) is 0 Å². The maximum absolute atomic E-state index is 11.4. The fourth-order valence-corrected chi connectivity index (χ4v) is 1.78. The van der Waals surface area contributed by atoms with E-state index in [1.165, 1.54) is 13.0 Å². The number of H-pyrrole nitrogens is 1. The second-order valence-corrected chi connectivity index (χ2v) is 3.83. The summed E-state index contributed by atoms with van der Waals surface area (Å²) in [5.41, 5.74) is 0.868. The summed E-state index contributed by atoms with van der Waals surface area (Å²) in [6.07, 6.45) is 0. The van der Waals surface area contributed by atoms with Crippen molar-refractivity contribution in [3.05, 3.63) is 34.1 Å². The van der Waals surface area contributed by atoms with Gasteiger partial charge >= 0.3 is 0 Å². The molecule has 2 heterocycles. The van der Waals surface area contributed by atoms with Crippen molar-refractivity contribution in [2.75, 3.05) is 5.32 Å². The van der Waals surface area contributed by atoms with E-state index in [-0.39, 0.29) is 17.3 Å². The fraction of sp³-hybridized carbons (Fsp3) is 0.182. The monoisotopic (exact) mass is 251 g/mol. The van der Waals surface area contributed by atoms with Gasteiger partial charge in [0.25, 0.3) is 0 Å². The van der Waals surface area contributed by atoms with Crippen molar-refractivity contribution >= 4 is 34.4 Å². The van der Waals surface area contributed by atoms with Gasteiger partial charge in [-0.2, -0.15) is 0 Å². The molecule has 0 aromatic carbocycles. The van der Waals surface area contributed by atoms with Crippen LogP contribution in [0.4, 0.5) is 5.82 Å². The van der Waals surface area contributed by atoms with Gasteiger partial charge < -0.3 is 10.3 Å². The molecule has 17 heavy (non-hydrogen) atoms. The summed E-state index contributed by atoms with van der Waals surface area (Å²) in [7, 11) is 0. The van der Waals surface area contributed by atoms with Gasteiger partial charge in [0, 0.05) is 24.3 Å². The molecular formula is C11H10ClN3O2. The molecule has 0 fully saturated rings. The van der Waals surface area contributed by atoms with E-state index in [1.54, 1.807) is 12.1 Å². The van der Waals surface area contributed by atoms with Gasteiger partial charge in [0.2, 0.25) is 11.5 Å². The number of nitrogens with one attached hydrogen (secondary N) is 2. The largest absolute Gasteiger partial charge is 0.311 e. The van der Waals surface area contributed by atoms with E-state index < -0.39 is 0 Å². The molecule has 0 unspecified atom stereocenters. The maximum atomic E-state index is 11.4. The van der Waals surface area contributed by atoms with Gasteiger partial charge in [0.1, 0.15) is 11.5 Å². The SMILES string of the molecule is CC(=O)Nc1ccc2c(CCl)cc(=O)[nH]c2n1. The first-order chi connectivity index (χ1) is 8.10. The zero-order valence-corrected chi connectivity index (χ0v) is 9.84. The van der Waals surface area contributed by atoms with Crippen molar-refractivity contribution < 1.29 is 4.79 Å². The minimum absolute atomic E-state index is 0.215. The quantitative estimate of drug-likeness (QED) is 0.797. The number of alkyl halides is 1. The number of halogens is 1. The molecule has 1 amide bonds. The second-order valence-electron chi connectivity index (χ2n) is 3.57. The highest BCUT2D eigenvalue weighted by molar-refractivity contribution is 6.17. The van der Waals surface area contributed by atoms with Crippen LogP contribution in [-0.2, 0) is 10.7 Å². The second kappa shape index (κ2) is 4.55. The average molecular weight is 252 g/mol. The molecule has 5 nitrogen and oxygen atoms in total. The van der Waals surface area contributed by atoms with Crippen molar-refractivity contribution in [3.8, 4) is 0 Å². The fourth-order valence-electron chi connectivity index (χ4n) is 1.56. The Kier molecular flexibility index (Phi) is 3.10. The minimum Gasteiger partial charge on any atom is -0.311 e.